The molecule has 4 aromatic rings. The van der Waals surface area contributed by atoms with Gasteiger partial charge in [0, 0.05) is 6.04 Å². The van der Waals surface area contributed by atoms with E-state index in [1.807, 2.05) is 30.5 Å². The number of rotatable bonds is 6. The van der Waals surface area contributed by atoms with Gasteiger partial charge in [-0.15, -0.1) is 0 Å². The Kier molecular flexibility index (Phi) is 6.82. The summed E-state index contributed by atoms with van der Waals surface area (Å²) in [6, 6.07) is 20.2. The van der Waals surface area contributed by atoms with Crippen LogP contribution < -0.4 is 9.64 Å². The van der Waals surface area contributed by atoms with E-state index in [-0.39, 0.29) is 28.9 Å². The number of anilines is 1. The maximum atomic E-state index is 15.3. The molecule has 1 unspecified atom stereocenters. The van der Waals surface area contributed by atoms with Crippen LogP contribution in [0.15, 0.2) is 60.7 Å². The van der Waals surface area contributed by atoms with Gasteiger partial charge in [-0.25, -0.2) is 9.37 Å². The number of benzene rings is 3. The largest absolute Gasteiger partial charge is 0.496 e. The molecule has 1 aliphatic heterocycles. The van der Waals surface area contributed by atoms with E-state index in [1.54, 1.807) is 43.5 Å². The molecule has 0 spiro atoms. The predicted octanol–water partition coefficient (Wildman–Crippen LogP) is 6.62. The Bertz CT molecular complexity index is 1680. The number of ether oxygens (including phenoxy) is 1. The van der Waals surface area contributed by atoms with Gasteiger partial charge in [0.15, 0.2) is 11.5 Å². The lowest BCUT2D eigenvalue weighted by Crippen LogP contribution is -2.31. The van der Waals surface area contributed by atoms with Crippen LogP contribution in [0.2, 0.25) is 5.02 Å². The molecule has 0 bridgehead atoms. The average Bonchev–Trinajstić information content (AvgIpc) is 3.45. The second kappa shape index (κ2) is 10.2. The molecule has 1 aromatic heterocycles. The molecule has 5 rings (SSSR count). The Morgan fingerprint density at radius 3 is 2.51 bits per heavy atom. The summed E-state index contributed by atoms with van der Waals surface area (Å²) in [7, 11) is 1.55. The molecule has 194 valence electrons. The fraction of sp³-hybridized carbons (Fsp3) is 0.200. The zero-order valence-electron chi connectivity index (χ0n) is 21.4. The van der Waals surface area contributed by atoms with Crippen molar-refractivity contribution in [3.8, 4) is 29.3 Å². The van der Waals surface area contributed by atoms with Crippen molar-refractivity contribution in [3.05, 3.63) is 99.6 Å². The van der Waals surface area contributed by atoms with Gasteiger partial charge in [-0.2, -0.15) is 10.5 Å². The monoisotopic (exact) mass is 539 g/mol. The van der Waals surface area contributed by atoms with E-state index in [9.17, 15) is 15.3 Å². The quantitative estimate of drug-likeness (QED) is 0.274. The highest BCUT2D eigenvalue weighted by molar-refractivity contribution is 6.31. The Morgan fingerprint density at radius 1 is 1.13 bits per heavy atom. The van der Waals surface area contributed by atoms with Crippen molar-refractivity contribution in [1.29, 1.82) is 10.5 Å². The number of imidazole rings is 1. The second-order valence-electron chi connectivity index (χ2n) is 9.39. The van der Waals surface area contributed by atoms with Gasteiger partial charge in [-0.3, -0.25) is 9.69 Å². The average molecular weight is 540 g/mol. The number of carbonyl (C=O) groups excluding carboxylic acids is 1. The SMILES string of the molecule is COc1ccc(CC#N)cc1-c1nc2c(n1C(C)C)C(c1ccc(C#N)cc1)N(c1cccc(Cl)c1F)C2=O. The summed E-state index contributed by atoms with van der Waals surface area (Å²) in [5.41, 5.74) is 3.36. The lowest BCUT2D eigenvalue weighted by Gasteiger charge is -2.29. The maximum Gasteiger partial charge on any atom is 0.279 e. The number of hydrogen-bond acceptors (Lipinski definition) is 5. The first-order chi connectivity index (χ1) is 18.8. The number of hydrogen-bond donors (Lipinski definition) is 0. The van der Waals surface area contributed by atoms with E-state index >= 15 is 4.39 Å². The van der Waals surface area contributed by atoms with E-state index in [2.05, 4.69) is 12.1 Å². The van der Waals surface area contributed by atoms with Gasteiger partial charge in [0.2, 0.25) is 0 Å². The third-order valence-corrected chi connectivity index (χ3v) is 7.03. The summed E-state index contributed by atoms with van der Waals surface area (Å²) in [6.45, 7) is 3.94. The van der Waals surface area contributed by atoms with E-state index in [0.29, 0.717) is 34.0 Å². The van der Waals surface area contributed by atoms with Crippen molar-refractivity contribution in [1.82, 2.24) is 9.55 Å². The van der Waals surface area contributed by atoms with Crippen LogP contribution in [0.5, 0.6) is 5.75 Å². The number of amides is 1. The van der Waals surface area contributed by atoms with Crippen LogP contribution in [-0.2, 0) is 6.42 Å². The van der Waals surface area contributed by atoms with Gasteiger partial charge in [0.05, 0.1) is 53.2 Å². The third-order valence-electron chi connectivity index (χ3n) is 6.74. The lowest BCUT2D eigenvalue weighted by atomic mass is 10.0. The topological polar surface area (TPSA) is 94.9 Å². The minimum Gasteiger partial charge on any atom is -0.496 e. The summed E-state index contributed by atoms with van der Waals surface area (Å²) in [5, 5.41) is 18.5. The second-order valence-corrected chi connectivity index (χ2v) is 9.79. The first-order valence-electron chi connectivity index (χ1n) is 12.2. The molecule has 1 atom stereocenters. The first kappa shape index (κ1) is 26.0. The van der Waals surface area contributed by atoms with Crippen molar-refractivity contribution in [2.45, 2.75) is 32.4 Å². The predicted molar refractivity (Wildman–Crippen MR) is 145 cm³/mol. The number of nitrogens with zero attached hydrogens (tertiary/aromatic N) is 5. The van der Waals surface area contributed by atoms with Crippen LogP contribution in [-0.4, -0.2) is 22.6 Å². The van der Waals surface area contributed by atoms with Gasteiger partial charge < -0.3 is 9.30 Å². The van der Waals surface area contributed by atoms with E-state index in [4.69, 9.17) is 21.3 Å². The first-order valence-corrected chi connectivity index (χ1v) is 12.6. The molecular weight excluding hydrogens is 517 g/mol. The van der Waals surface area contributed by atoms with Gasteiger partial charge in [0.1, 0.15) is 17.6 Å². The van der Waals surface area contributed by atoms with Crippen LogP contribution in [0.25, 0.3) is 11.4 Å². The minimum absolute atomic E-state index is 0.0327. The van der Waals surface area contributed by atoms with Crippen molar-refractivity contribution in [3.63, 3.8) is 0 Å². The number of carbonyl (C=O) groups is 1. The normalized spacial score (nSPS) is 14.3. The van der Waals surface area contributed by atoms with Gasteiger partial charge in [-0.05, 0) is 61.4 Å². The van der Waals surface area contributed by atoms with Crippen LogP contribution >= 0.6 is 11.6 Å². The van der Waals surface area contributed by atoms with Crippen LogP contribution in [0.4, 0.5) is 10.1 Å². The highest BCUT2D eigenvalue weighted by Gasteiger charge is 2.45. The van der Waals surface area contributed by atoms with Crippen molar-refractivity contribution < 1.29 is 13.9 Å². The molecule has 2 heterocycles. The molecule has 0 fully saturated rings. The van der Waals surface area contributed by atoms with Crippen molar-refractivity contribution in [2.24, 2.45) is 0 Å². The molecule has 9 heteroatoms. The summed E-state index contributed by atoms with van der Waals surface area (Å²) < 4.78 is 22.9. The zero-order chi connectivity index (χ0) is 27.8. The van der Waals surface area contributed by atoms with Crippen LogP contribution in [0, 0.1) is 28.5 Å². The molecule has 0 aliphatic carbocycles. The fourth-order valence-corrected chi connectivity index (χ4v) is 5.20. The van der Waals surface area contributed by atoms with Gasteiger partial charge in [0.25, 0.3) is 5.91 Å². The van der Waals surface area contributed by atoms with Crippen molar-refractivity contribution >= 4 is 23.2 Å². The standard InChI is InChI=1S/C30H23ClFN5O2/c1-17(2)36-28-26(35-29(36)21-15-18(13-14-33)9-12-24(21)39-3)30(38)37(23-6-4-5-22(31)25(23)32)27(28)20-10-7-19(16-34)8-11-20/h4-12,15,17,27H,13H2,1-3H3. The Balaban J connectivity index is 1.80. The molecule has 1 amide bonds. The zero-order valence-corrected chi connectivity index (χ0v) is 22.2. The molecule has 1 aliphatic rings. The summed E-state index contributed by atoms with van der Waals surface area (Å²) in [6.07, 6.45) is 0.202. The molecule has 7 nitrogen and oxygen atoms in total. The molecule has 39 heavy (non-hydrogen) atoms. The highest BCUT2D eigenvalue weighted by atomic mass is 35.5. The van der Waals surface area contributed by atoms with Crippen LogP contribution in [0.1, 0.15) is 58.8 Å². The van der Waals surface area contributed by atoms with Crippen molar-refractivity contribution in [2.75, 3.05) is 12.0 Å². The fourth-order valence-electron chi connectivity index (χ4n) is 5.04. The Hall–Kier alpha value is -4.66. The highest BCUT2D eigenvalue weighted by Crippen LogP contribution is 2.46. The van der Waals surface area contributed by atoms with E-state index in [0.717, 1.165) is 5.56 Å². The molecule has 0 saturated carbocycles. The number of aromatic nitrogens is 2. The third kappa shape index (κ3) is 4.29. The van der Waals surface area contributed by atoms with Gasteiger partial charge >= 0.3 is 0 Å². The summed E-state index contributed by atoms with van der Waals surface area (Å²) in [4.78, 5) is 20.2. The summed E-state index contributed by atoms with van der Waals surface area (Å²) in [5.74, 6) is -0.140. The number of fused-ring (bicyclic) bond motifs is 1. The molecule has 0 N–H and O–H groups in total. The minimum atomic E-state index is -0.745. The number of halogens is 2. The molecule has 0 saturated heterocycles. The van der Waals surface area contributed by atoms with Crippen LogP contribution in [0.3, 0.4) is 0 Å². The number of methoxy groups -OCH3 is 1. The van der Waals surface area contributed by atoms with Gasteiger partial charge in [-0.1, -0.05) is 35.9 Å². The van der Waals surface area contributed by atoms with E-state index in [1.165, 1.54) is 17.0 Å². The molecule has 3 aromatic carbocycles. The smallest absolute Gasteiger partial charge is 0.279 e. The maximum absolute atomic E-state index is 15.3. The number of nitriles is 2. The van der Waals surface area contributed by atoms with E-state index < -0.39 is 17.8 Å². The lowest BCUT2D eigenvalue weighted by molar-refractivity contribution is 0.0988. The molecule has 0 radical (unpaired) electrons. The molecular formula is C30H23ClFN5O2. The Labute approximate surface area is 230 Å². The Morgan fingerprint density at radius 2 is 1.87 bits per heavy atom. The summed E-state index contributed by atoms with van der Waals surface area (Å²) >= 11 is 6.11.